The van der Waals surface area contributed by atoms with E-state index < -0.39 is 0 Å². The normalized spacial score (nSPS) is 16.6. The van der Waals surface area contributed by atoms with Gasteiger partial charge in [0.1, 0.15) is 17.9 Å². The number of aliphatic hydroxyl groups is 1. The smallest absolute Gasteiger partial charge is 0.241 e. The van der Waals surface area contributed by atoms with Crippen LogP contribution in [0.25, 0.3) is 21.3 Å². The fourth-order valence-corrected chi connectivity index (χ4v) is 5.25. The van der Waals surface area contributed by atoms with Crippen LogP contribution in [-0.2, 0) is 9.53 Å². The van der Waals surface area contributed by atoms with Gasteiger partial charge >= 0.3 is 0 Å². The Bertz CT molecular complexity index is 1090. The number of anilines is 1. The molecule has 0 radical (unpaired) electrons. The number of aliphatic hydroxyl groups excluding tert-OH is 1. The van der Waals surface area contributed by atoms with E-state index in [1.807, 2.05) is 24.3 Å². The van der Waals surface area contributed by atoms with E-state index in [-0.39, 0.29) is 13.2 Å². The molecule has 0 aliphatic carbocycles. The van der Waals surface area contributed by atoms with Crippen molar-refractivity contribution in [2.75, 3.05) is 51.9 Å². The molecule has 2 aliphatic rings. The molecule has 5 rings (SSSR count). The van der Waals surface area contributed by atoms with E-state index in [9.17, 15) is 4.79 Å². The molecule has 2 saturated heterocycles. The maximum Gasteiger partial charge on any atom is 0.241 e. The van der Waals surface area contributed by atoms with Gasteiger partial charge in [0, 0.05) is 31.5 Å². The van der Waals surface area contributed by atoms with Gasteiger partial charge in [-0.25, -0.2) is 9.97 Å². The van der Waals surface area contributed by atoms with Crippen LogP contribution in [0.2, 0.25) is 0 Å². The van der Waals surface area contributed by atoms with Crippen LogP contribution in [0, 0.1) is 5.41 Å². The van der Waals surface area contributed by atoms with Gasteiger partial charge in [0.2, 0.25) is 12.3 Å². The molecule has 2 fully saturated rings. The molecule has 0 atom stereocenters. The molecule has 2 aromatic heterocycles. The van der Waals surface area contributed by atoms with Crippen LogP contribution < -0.4 is 20.1 Å². The summed E-state index contributed by atoms with van der Waals surface area (Å²) >= 11 is 1.34. The Morgan fingerprint density at radius 2 is 2.18 bits per heavy atom. The van der Waals surface area contributed by atoms with Crippen molar-refractivity contribution >= 4 is 33.1 Å². The molecular weight excluding hydrogens is 456 g/mol. The fraction of sp³-hybridized carbons (Fsp3) is 0.458. The van der Waals surface area contributed by atoms with Gasteiger partial charge in [0.05, 0.1) is 18.4 Å². The summed E-state index contributed by atoms with van der Waals surface area (Å²) in [7, 11) is 1.52. The first-order valence-electron chi connectivity index (χ1n) is 11.3. The third-order valence-electron chi connectivity index (χ3n) is 6.15. The molecular formula is C24H30N4O5S. The van der Waals surface area contributed by atoms with Crippen molar-refractivity contribution in [3.05, 3.63) is 30.5 Å². The predicted octanol–water partition coefficient (Wildman–Crippen LogP) is 3.08. The second-order valence-corrected chi connectivity index (χ2v) is 9.28. The Morgan fingerprint density at radius 1 is 1.32 bits per heavy atom. The molecule has 0 saturated carbocycles. The Hall–Kier alpha value is -2.79. The molecule has 3 N–H and O–H groups in total. The van der Waals surface area contributed by atoms with E-state index in [0.717, 1.165) is 29.0 Å². The zero-order valence-corrected chi connectivity index (χ0v) is 20.0. The summed E-state index contributed by atoms with van der Waals surface area (Å²) in [5, 5.41) is 15.3. The summed E-state index contributed by atoms with van der Waals surface area (Å²) in [6, 6.07) is 7.48. The van der Waals surface area contributed by atoms with E-state index >= 15 is 0 Å². The Labute approximate surface area is 202 Å². The highest BCUT2D eigenvalue weighted by Gasteiger charge is 2.35. The largest absolute Gasteiger partial charge is 0.491 e. The maximum absolute atomic E-state index is 10.7. The van der Waals surface area contributed by atoms with Crippen LogP contribution in [0.1, 0.15) is 19.3 Å². The number of thiazole rings is 1. The second kappa shape index (κ2) is 11.6. The minimum absolute atomic E-state index is 0.0475. The number of benzene rings is 1. The minimum atomic E-state index is -0.0475. The van der Waals surface area contributed by atoms with E-state index in [4.69, 9.17) is 19.3 Å². The fourth-order valence-electron chi connectivity index (χ4n) is 4.30. The molecule has 0 bridgehead atoms. The van der Waals surface area contributed by atoms with Gasteiger partial charge in [0.25, 0.3) is 0 Å². The monoisotopic (exact) mass is 486 g/mol. The zero-order chi connectivity index (χ0) is 23.8. The second-order valence-electron chi connectivity index (χ2n) is 8.28. The molecule has 34 heavy (non-hydrogen) atoms. The van der Waals surface area contributed by atoms with Crippen LogP contribution in [0.3, 0.4) is 0 Å². The van der Waals surface area contributed by atoms with Gasteiger partial charge in [-0.2, -0.15) is 0 Å². The average Bonchev–Trinajstić information content (AvgIpc) is 3.50. The zero-order valence-electron chi connectivity index (χ0n) is 19.2. The lowest BCUT2D eigenvalue weighted by Crippen LogP contribution is -2.31. The van der Waals surface area contributed by atoms with Gasteiger partial charge < -0.3 is 30.0 Å². The number of fused-ring (bicyclic) bond motifs is 1. The summed E-state index contributed by atoms with van der Waals surface area (Å²) < 4.78 is 16.9. The summed E-state index contributed by atoms with van der Waals surface area (Å²) in [6.45, 7) is 4.61. The van der Waals surface area contributed by atoms with Crippen molar-refractivity contribution in [3.8, 4) is 22.8 Å². The number of nitrogens with zero attached hydrogens (tertiary/aromatic N) is 2. The molecule has 1 spiro atoms. The molecule has 10 heteroatoms. The lowest BCUT2D eigenvalue weighted by atomic mass is 9.80. The van der Waals surface area contributed by atoms with Gasteiger partial charge in [-0.05, 0) is 48.9 Å². The Kier molecular flexibility index (Phi) is 8.28. The number of rotatable bonds is 7. The first-order valence-corrected chi connectivity index (χ1v) is 12.2. The van der Waals surface area contributed by atoms with Gasteiger partial charge in [-0.15, -0.1) is 0 Å². The highest BCUT2D eigenvalue weighted by Crippen LogP contribution is 2.39. The highest BCUT2D eigenvalue weighted by molar-refractivity contribution is 7.22. The lowest BCUT2D eigenvalue weighted by molar-refractivity contribution is -0.105. The first-order chi connectivity index (χ1) is 16.7. The van der Waals surface area contributed by atoms with Gasteiger partial charge in [-0.3, -0.25) is 4.79 Å². The van der Waals surface area contributed by atoms with Crippen LogP contribution in [0.15, 0.2) is 30.5 Å². The van der Waals surface area contributed by atoms with Crippen molar-refractivity contribution < 1.29 is 24.1 Å². The van der Waals surface area contributed by atoms with Crippen LogP contribution in [0.5, 0.6) is 11.6 Å². The standard InChI is InChI=1S/C16H15N3O4S.C8H15NO/c1-22-15-13-14(24-16(19-13)18-9-21)12(8-17-15)10-3-2-4-11(7-10)23-6-5-20;1-4-9-7-8(1)2-5-10-6-3-8/h2-4,7-9,20H,5-6H2,1H3,(H,18,19,21);9H,1-7H2. The number of hydrogen-bond acceptors (Lipinski definition) is 9. The molecule has 182 valence electrons. The van der Waals surface area contributed by atoms with E-state index in [1.165, 1.54) is 50.8 Å². The summed E-state index contributed by atoms with van der Waals surface area (Å²) in [5.74, 6) is 1.05. The molecule has 1 amide bonds. The number of aromatic nitrogens is 2. The molecule has 4 heterocycles. The molecule has 3 aromatic rings. The number of pyridine rings is 1. The number of methoxy groups -OCH3 is 1. The predicted molar refractivity (Wildman–Crippen MR) is 132 cm³/mol. The topological polar surface area (TPSA) is 115 Å². The lowest BCUT2D eigenvalue weighted by Gasteiger charge is -2.32. The van der Waals surface area contributed by atoms with Crippen LogP contribution >= 0.6 is 11.3 Å². The SMILES string of the molecule is C1CC2(CCOCC2)CN1.COc1ncc(-c2cccc(OCCO)c2)c2sc(NC=O)nc12. The van der Waals surface area contributed by atoms with E-state index in [2.05, 4.69) is 20.6 Å². The third-order valence-corrected chi connectivity index (χ3v) is 7.17. The summed E-state index contributed by atoms with van der Waals surface area (Å²) in [4.78, 5) is 19.3. The van der Waals surface area contributed by atoms with Gasteiger partial charge in [-0.1, -0.05) is 23.5 Å². The highest BCUT2D eigenvalue weighted by atomic mass is 32.1. The van der Waals surface area contributed by atoms with Crippen LogP contribution in [-0.4, -0.2) is 68.1 Å². The molecule has 1 aromatic carbocycles. The van der Waals surface area contributed by atoms with Crippen LogP contribution in [0.4, 0.5) is 5.13 Å². The van der Waals surface area contributed by atoms with E-state index in [1.54, 1.807) is 6.20 Å². The maximum atomic E-state index is 10.7. The molecule has 9 nitrogen and oxygen atoms in total. The van der Waals surface area contributed by atoms with E-state index in [0.29, 0.717) is 34.1 Å². The average molecular weight is 487 g/mol. The molecule has 0 unspecified atom stereocenters. The summed E-state index contributed by atoms with van der Waals surface area (Å²) in [5.41, 5.74) is 2.98. The number of nitrogens with one attached hydrogen (secondary N) is 2. The van der Waals surface area contributed by atoms with Gasteiger partial charge in [0.15, 0.2) is 5.13 Å². The number of amides is 1. The summed E-state index contributed by atoms with van der Waals surface area (Å²) in [6.07, 6.45) is 6.21. The number of carbonyl (C=O) groups is 1. The van der Waals surface area contributed by atoms with Crippen molar-refractivity contribution in [1.29, 1.82) is 0 Å². The third kappa shape index (κ3) is 5.64. The number of carbonyl (C=O) groups excluding carboxylic acids is 1. The Morgan fingerprint density at radius 3 is 2.88 bits per heavy atom. The van der Waals surface area contributed by atoms with Crippen molar-refractivity contribution in [1.82, 2.24) is 15.3 Å². The van der Waals surface area contributed by atoms with Crippen molar-refractivity contribution in [2.24, 2.45) is 5.41 Å². The quantitative estimate of drug-likeness (QED) is 0.437. The molecule has 2 aliphatic heterocycles. The van der Waals surface area contributed by atoms with Crippen molar-refractivity contribution in [2.45, 2.75) is 19.3 Å². The number of ether oxygens (including phenoxy) is 3. The minimum Gasteiger partial charge on any atom is -0.491 e. The number of hydrogen-bond donors (Lipinski definition) is 3. The first kappa shape index (κ1) is 24.3. The Balaban J connectivity index is 0.000000226. The van der Waals surface area contributed by atoms with Crippen molar-refractivity contribution in [3.63, 3.8) is 0 Å².